The van der Waals surface area contributed by atoms with E-state index < -0.39 is 23.0 Å². The fraction of sp³-hybridized carbons (Fsp3) is 0.529. The van der Waals surface area contributed by atoms with Gasteiger partial charge in [-0.2, -0.15) is 0 Å². The van der Waals surface area contributed by atoms with Crippen LogP contribution in [0.25, 0.3) is 0 Å². The lowest BCUT2D eigenvalue weighted by molar-refractivity contribution is -0.140. The van der Waals surface area contributed by atoms with Gasteiger partial charge in [-0.3, -0.25) is 9.59 Å². The predicted octanol–water partition coefficient (Wildman–Crippen LogP) is 2.73. The molecule has 23 heavy (non-hydrogen) atoms. The zero-order valence-corrected chi connectivity index (χ0v) is 13.7. The van der Waals surface area contributed by atoms with Gasteiger partial charge in [0.25, 0.3) is 5.91 Å². The molecule has 1 aromatic carbocycles. The highest BCUT2D eigenvalue weighted by Crippen LogP contribution is 2.21. The third-order valence-corrected chi connectivity index (χ3v) is 3.93. The molecule has 0 radical (unpaired) electrons. The molecule has 1 saturated heterocycles. The van der Waals surface area contributed by atoms with Crippen molar-refractivity contribution in [3.05, 3.63) is 35.4 Å². The quantitative estimate of drug-likeness (QED) is 0.909. The van der Waals surface area contributed by atoms with Crippen LogP contribution in [0.2, 0.25) is 0 Å². The lowest BCUT2D eigenvalue weighted by atomic mass is 9.93. The van der Waals surface area contributed by atoms with Crippen molar-refractivity contribution in [2.75, 3.05) is 13.1 Å². The maximum atomic E-state index is 13.6. The summed E-state index contributed by atoms with van der Waals surface area (Å²) < 4.78 is 26.5. The number of piperidine rings is 1. The highest BCUT2D eigenvalue weighted by atomic mass is 19.1. The highest BCUT2D eigenvalue weighted by molar-refractivity contribution is 5.94. The molecule has 1 aromatic rings. The van der Waals surface area contributed by atoms with Gasteiger partial charge >= 0.3 is 0 Å². The fourth-order valence-corrected chi connectivity index (χ4v) is 2.64. The molecular weight excluding hydrogens is 302 g/mol. The van der Waals surface area contributed by atoms with Gasteiger partial charge in [0.05, 0.1) is 5.56 Å². The predicted molar refractivity (Wildman–Crippen MR) is 82.9 cm³/mol. The summed E-state index contributed by atoms with van der Waals surface area (Å²) in [4.78, 5) is 26.1. The number of benzene rings is 1. The molecule has 126 valence electrons. The topological polar surface area (TPSA) is 49.4 Å². The first kappa shape index (κ1) is 17.4. The van der Waals surface area contributed by atoms with E-state index in [0.29, 0.717) is 32.0 Å². The standard InChI is InChI=1S/C17H22F2N2O2/c1-17(2,3)16(23)21-8-6-12(7-9-21)20-15(22)13-5-4-11(18)10-14(13)19/h4-5,10,12H,6-9H2,1-3H3,(H,20,22). The summed E-state index contributed by atoms with van der Waals surface area (Å²) in [6.45, 7) is 6.75. The van der Waals surface area contributed by atoms with E-state index in [1.165, 1.54) is 0 Å². The smallest absolute Gasteiger partial charge is 0.254 e. The number of carbonyl (C=O) groups is 2. The molecule has 0 aliphatic carbocycles. The van der Waals surface area contributed by atoms with Crippen molar-refractivity contribution in [3.63, 3.8) is 0 Å². The molecule has 2 rings (SSSR count). The van der Waals surface area contributed by atoms with Gasteiger partial charge in [-0.25, -0.2) is 8.78 Å². The molecule has 0 aromatic heterocycles. The minimum absolute atomic E-state index is 0.0897. The van der Waals surface area contributed by atoms with E-state index in [9.17, 15) is 18.4 Å². The Kier molecular flexibility index (Phi) is 5.02. The average molecular weight is 324 g/mol. The van der Waals surface area contributed by atoms with Gasteiger partial charge in [0.2, 0.25) is 5.91 Å². The van der Waals surface area contributed by atoms with Crippen LogP contribution < -0.4 is 5.32 Å². The summed E-state index contributed by atoms with van der Waals surface area (Å²) in [5.41, 5.74) is -0.590. The van der Waals surface area contributed by atoms with Crippen LogP contribution in [0, 0.1) is 17.0 Å². The zero-order valence-electron chi connectivity index (χ0n) is 13.7. The third kappa shape index (κ3) is 4.27. The van der Waals surface area contributed by atoms with E-state index in [-0.39, 0.29) is 17.5 Å². The Balaban J connectivity index is 1.91. The van der Waals surface area contributed by atoms with E-state index in [2.05, 4.69) is 5.32 Å². The average Bonchev–Trinajstić information content (AvgIpc) is 2.46. The normalized spacial score (nSPS) is 16.3. The van der Waals surface area contributed by atoms with Gasteiger partial charge in [-0.15, -0.1) is 0 Å². The second-order valence-electron chi connectivity index (χ2n) is 6.91. The van der Waals surface area contributed by atoms with Crippen molar-refractivity contribution in [3.8, 4) is 0 Å². The summed E-state index contributed by atoms with van der Waals surface area (Å²) in [6, 6.07) is 2.77. The van der Waals surface area contributed by atoms with Crippen LogP contribution in [-0.2, 0) is 4.79 Å². The molecule has 1 fully saturated rings. The van der Waals surface area contributed by atoms with E-state index in [1.807, 2.05) is 20.8 Å². The molecule has 4 nitrogen and oxygen atoms in total. The maximum Gasteiger partial charge on any atom is 0.254 e. The van der Waals surface area contributed by atoms with Crippen molar-refractivity contribution in [2.24, 2.45) is 5.41 Å². The molecule has 0 spiro atoms. The zero-order chi connectivity index (χ0) is 17.2. The fourth-order valence-electron chi connectivity index (χ4n) is 2.64. The Labute approximate surface area is 134 Å². The molecule has 1 heterocycles. The summed E-state index contributed by atoms with van der Waals surface area (Å²) in [7, 11) is 0. The van der Waals surface area contributed by atoms with Crippen LogP contribution >= 0.6 is 0 Å². The summed E-state index contributed by atoms with van der Waals surface area (Å²) in [5.74, 6) is -2.05. The first-order valence-corrected chi connectivity index (χ1v) is 7.74. The molecule has 0 saturated carbocycles. The molecule has 0 bridgehead atoms. The van der Waals surface area contributed by atoms with Crippen LogP contribution in [0.5, 0.6) is 0 Å². The van der Waals surface area contributed by atoms with E-state index in [1.54, 1.807) is 4.90 Å². The van der Waals surface area contributed by atoms with E-state index in [4.69, 9.17) is 0 Å². The third-order valence-electron chi connectivity index (χ3n) is 3.93. The number of nitrogens with zero attached hydrogens (tertiary/aromatic N) is 1. The molecular formula is C17H22F2N2O2. The molecule has 0 unspecified atom stereocenters. The van der Waals surface area contributed by atoms with Crippen molar-refractivity contribution < 1.29 is 18.4 Å². The minimum Gasteiger partial charge on any atom is -0.349 e. The Morgan fingerprint density at radius 1 is 1.17 bits per heavy atom. The van der Waals surface area contributed by atoms with Gasteiger partial charge in [0.15, 0.2) is 0 Å². The first-order chi connectivity index (χ1) is 10.7. The highest BCUT2D eigenvalue weighted by Gasteiger charge is 2.30. The lowest BCUT2D eigenvalue weighted by Crippen LogP contribution is -2.49. The number of amides is 2. The molecule has 6 heteroatoms. The van der Waals surface area contributed by atoms with E-state index in [0.717, 1.165) is 12.1 Å². The number of nitrogens with one attached hydrogen (secondary N) is 1. The molecule has 2 amide bonds. The van der Waals surface area contributed by atoms with Crippen LogP contribution in [0.4, 0.5) is 8.78 Å². The Morgan fingerprint density at radius 3 is 2.30 bits per heavy atom. The summed E-state index contributed by atoms with van der Waals surface area (Å²) in [5, 5.41) is 2.75. The van der Waals surface area contributed by atoms with Gasteiger partial charge in [-0.1, -0.05) is 20.8 Å². The minimum atomic E-state index is -0.872. The Morgan fingerprint density at radius 2 is 1.78 bits per heavy atom. The molecule has 1 aliphatic heterocycles. The monoisotopic (exact) mass is 324 g/mol. The molecule has 0 atom stereocenters. The maximum absolute atomic E-state index is 13.6. The number of halogens is 2. The molecule has 1 aliphatic rings. The van der Waals surface area contributed by atoms with Gasteiger partial charge < -0.3 is 10.2 Å². The Bertz CT molecular complexity index is 603. The first-order valence-electron chi connectivity index (χ1n) is 7.74. The van der Waals surface area contributed by atoms with Crippen LogP contribution in [-0.4, -0.2) is 35.8 Å². The van der Waals surface area contributed by atoms with Crippen LogP contribution in [0.15, 0.2) is 18.2 Å². The number of carbonyl (C=O) groups excluding carboxylic acids is 2. The summed E-state index contributed by atoms with van der Waals surface area (Å²) in [6.07, 6.45) is 1.24. The van der Waals surface area contributed by atoms with Crippen LogP contribution in [0.1, 0.15) is 44.0 Å². The largest absolute Gasteiger partial charge is 0.349 e. The van der Waals surface area contributed by atoms with Crippen molar-refractivity contribution in [2.45, 2.75) is 39.7 Å². The van der Waals surface area contributed by atoms with Crippen molar-refractivity contribution in [1.82, 2.24) is 10.2 Å². The SMILES string of the molecule is CC(C)(C)C(=O)N1CCC(NC(=O)c2ccc(F)cc2F)CC1. The number of hydrogen-bond acceptors (Lipinski definition) is 2. The number of rotatable bonds is 2. The second kappa shape index (κ2) is 6.64. The van der Waals surface area contributed by atoms with Gasteiger partial charge in [-0.05, 0) is 25.0 Å². The van der Waals surface area contributed by atoms with Crippen molar-refractivity contribution >= 4 is 11.8 Å². The number of likely N-dealkylation sites (tertiary alicyclic amines) is 1. The Hall–Kier alpha value is -1.98. The second-order valence-corrected chi connectivity index (χ2v) is 6.91. The van der Waals surface area contributed by atoms with Gasteiger partial charge in [0.1, 0.15) is 11.6 Å². The lowest BCUT2D eigenvalue weighted by Gasteiger charge is -2.36. The van der Waals surface area contributed by atoms with Gasteiger partial charge in [0, 0.05) is 30.6 Å². The summed E-state index contributed by atoms with van der Waals surface area (Å²) >= 11 is 0. The number of hydrogen-bond donors (Lipinski definition) is 1. The van der Waals surface area contributed by atoms with Crippen molar-refractivity contribution in [1.29, 1.82) is 0 Å². The van der Waals surface area contributed by atoms with Crippen LogP contribution in [0.3, 0.4) is 0 Å². The van der Waals surface area contributed by atoms with E-state index >= 15 is 0 Å². The molecule has 1 N–H and O–H groups in total.